The van der Waals surface area contributed by atoms with E-state index in [1.165, 1.54) is 23.5 Å². The van der Waals surface area contributed by atoms with Crippen LogP contribution in [0.2, 0.25) is 0 Å². The summed E-state index contributed by atoms with van der Waals surface area (Å²) in [5, 5.41) is 8.90. The fourth-order valence-electron chi connectivity index (χ4n) is 2.87. The number of rotatable bonds is 6. The van der Waals surface area contributed by atoms with E-state index in [4.69, 9.17) is 5.11 Å². The van der Waals surface area contributed by atoms with Gasteiger partial charge in [-0.25, -0.2) is 13.2 Å². The van der Waals surface area contributed by atoms with Gasteiger partial charge in [-0.3, -0.25) is 9.69 Å². The van der Waals surface area contributed by atoms with Crippen LogP contribution in [-0.4, -0.2) is 74.5 Å². The quantitative estimate of drug-likeness (QED) is 0.725. The topological polar surface area (TPSA) is 104 Å². The van der Waals surface area contributed by atoms with E-state index in [2.05, 4.69) is 4.74 Å². The van der Waals surface area contributed by atoms with E-state index >= 15 is 0 Å². The molecule has 0 radical (unpaired) electrons. The average Bonchev–Trinajstić information content (AvgIpc) is 2.91. The molecule has 2 rings (SSSR count). The lowest BCUT2D eigenvalue weighted by atomic mass is 10.1. The highest BCUT2D eigenvalue weighted by Crippen LogP contribution is 2.27. The summed E-state index contributed by atoms with van der Waals surface area (Å²) >= 11 is 0.896. The van der Waals surface area contributed by atoms with Crippen LogP contribution >= 0.6 is 11.3 Å². The number of sulfonamides is 1. The molecule has 1 aromatic heterocycles. The molecular formula is C15H22N2O6S2. The summed E-state index contributed by atoms with van der Waals surface area (Å²) < 4.78 is 31.7. The van der Waals surface area contributed by atoms with E-state index in [-0.39, 0.29) is 21.7 Å². The van der Waals surface area contributed by atoms with Crippen LogP contribution in [0.4, 0.5) is 0 Å². The third-order valence-corrected chi connectivity index (χ3v) is 7.66. The number of carbonyl (C=O) groups excluding carboxylic acids is 1. The number of methoxy groups -OCH3 is 1. The molecule has 1 N–H and O–H groups in total. The molecule has 0 aromatic carbocycles. The average molecular weight is 390 g/mol. The van der Waals surface area contributed by atoms with Gasteiger partial charge in [-0.15, -0.1) is 11.3 Å². The molecule has 25 heavy (non-hydrogen) atoms. The van der Waals surface area contributed by atoms with Gasteiger partial charge in [0.1, 0.15) is 9.09 Å². The number of carboxylic acid groups (broad SMARTS) is 1. The standard InChI is InChI=1S/C15H22N2O6S2/c1-16(10-13(18)19)11-4-3-8-17(9-7-11)25(21,22)14-6-5-12(24-14)15(20)23-2/h5-6,11H,3-4,7-10H2,1-2H3,(H,18,19). The molecule has 1 unspecified atom stereocenters. The molecule has 1 fully saturated rings. The molecule has 8 nitrogen and oxygen atoms in total. The van der Waals surface area contributed by atoms with Gasteiger partial charge in [-0.1, -0.05) is 0 Å². The lowest BCUT2D eigenvalue weighted by Gasteiger charge is -2.25. The Morgan fingerprint density at radius 3 is 2.72 bits per heavy atom. The van der Waals surface area contributed by atoms with Gasteiger partial charge in [-0.05, 0) is 38.4 Å². The number of thiophene rings is 1. The monoisotopic (exact) mass is 390 g/mol. The maximum Gasteiger partial charge on any atom is 0.348 e. The fraction of sp³-hybridized carbons (Fsp3) is 0.600. The number of carbonyl (C=O) groups is 2. The number of hydrogen-bond donors (Lipinski definition) is 1. The van der Waals surface area contributed by atoms with Crippen LogP contribution in [0.5, 0.6) is 0 Å². The van der Waals surface area contributed by atoms with Crippen molar-refractivity contribution in [3.8, 4) is 0 Å². The van der Waals surface area contributed by atoms with Gasteiger partial charge in [0.2, 0.25) is 0 Å². The minimum atomic E-state index is -3.67. The highest BCUT2D eigenvalue weighted by Gasteiger charge is 2.30. The minimum absolute atomic E-state index is 0.0327. The minimum Gasteiger partial charge on any atom is -0.480 e. The van der Waals surface area contributed by atoms with Crippen LogP contribution in [-0.2, 0) is 19.6 Å². The molecule has 1 aliphatic heterocycles. The first kappa shape index (κ1) is 19.8. The van der Waals surface area contributed by atoms with E-state index in [0.717, 1.165) is 17.8 Å². The molecule has 1 saturated heterocycles. The Labute approximate surface area is 151 Å². The summed E-state index contributed by atoms with van der Waals surface area (Å²) in [7, 11) is -0.679. The Balaban J connectivity index is 2.09. The van der Waals surface area contributed by atoms with Gasteiger partial charge in [0.15, 0.2) is 0 Å². The third-order valence-electron chi connectivity index (χ3n) is 4.23. The highest BCUT2D eigenvalue weighted by molar-refractivity contribution is 7.91. The largest absolute Gasteiger partial charge is 0.480 e. The van der Waals surface area contributed by atoms with E-state index < -0.39 is 22.0 Å². The molecule has 1 aromatic rings. The summed E-state index contributed by atoms with van der Waals surface area (Å²) in [4.78, 5) is 24.4. The first-order valence-electron chi connectivity index (χ1n) is 7.86. The highest BCUT2D eigenvalue weighted by atomic mass is 32.2. The number of esters is 1. The van der Waals surface area contributed by atoms with Crippen molar-refractivity contribution in [3.63, 3.8) is 0 Å². The molecule has 10 heteroatoms. The SMILES string of the molecule is COC(=O)c1ccc(S(=O)(=O)N2CCCC(N(C)CC(=O)O)CC2)s1. The molecule has 140 valence electrons. The lowest BCUT2D eigenvalue weighted by Crippen LogP contribution is -2.37. The van der Waals surface area contributed by atoms with Crippen molar-refractivity contribution >= 4 is 33.3 Å². The predicted molar refractivity (Wildman–Crippen MR) is 92.3 cm³/mol. The number of carboxylic acids is 1. The van der Waals surface area contributed by atoms with Crippen molar-refractivity contribution in [1.29, 1.82) is 0 Å². The summed E-state index contributed by atoms with van der Waals surface area (Å²) in [6, 6.07) is 2.90. The van der Waals surface area contributed by atoms with Crippen molar-refractivity contribution in [1.82, 2.24) is 9.21 Å². The zero-order valence-electron chi connectivity index (χ0n) is 14.2. The van der Waals surface area contributed by atoms with Crippen molar-refractivity contribution in [2.75, 3.05) is 33.8 Å². The Morgan fingerprint density at radius 1 is 1.36 bits per heavy atom. The summed E-state index contributed by atoms with van der Waals surface area (Å²) in [6.07, 6.45) is 1.97. The van der Waals surface area contributed by atoms with Gasteiger partial charge in [-0.2, -0.15) is 4.31 Å². The van der Waals surface area contributed by atoms with Crippen LogP contribution in [0.25, 0.3) is 0 Å². The normalized spacial score (nSPS) is 19.6. The second-order valence-corrected chi connectivity index (χ2v) is 9.16. The second-order valence-electron chi connectivity index (χ2n) is 5.91. The van der Waals surface area contributed by atoms with E-state index in [1.54, 1.807) is 11.9 Å². The Hall–Kier alpha value is -1.49. The van der Waals surface area contributed by atoms with E-state index in [1.807, 2.05) is 0 Å². The van der Waals surface area contributed by atoms with Crippen LogP contribution in [0.1, 0.15) is 28.9 Å². The van der Waals surface area contributed by atoms with Gasteiger partial charge in [0.25, 0.3) is 10.0 Å². The lowest BCUT2D eigenvalue weighted by molar-refractivity contribution is -0.138. The van der Waals surface area contributed by atoms with Crippen LogP contribution in [0.15, 0.2) is 16.3 Å². The molecule has 0 saturated carbocycles. The zero-order chi connectivity index (χ0) is 18.6. The molecule has 0 bridgehead atoms. The third kappa shape index (κ3) is 4.78. The molecule has 0 spiro atoms. The number of likely N-dealkylation sites (N-methyl/N-ethyl adjacent to an activating group) is 1. The smallest absolute Gasteiger partial charge is 0.348 e. The van der Waals surface area contributed by atoms with E-state index in [9.17, 15) is 18.0 Å². The number of nitrogens with zero attached hydrogens (tertiary/aromatic N) is 2. The van der Waals surface area contributed by atoms with Crippen molar-refractivity contribution in [2.24, 2.45) is 0 Å². The van der Waals surface area contributed by atoms with Crippen molar-refractivity contribution in [3.05, 3.63) is 17.0 Å². The van der Waals surface area contributed by atoms with Crippen LogP contribution in [0, 0.1) is 0 Å². The first-order chi connectivity index (χ1) is 11.8. The van der Waals surface area contributed by atoms with Gasteiger partial charge in [0, 0.05) is 19.1 Å². The Kier molecular flexibility index (Phi) is 6.55. The second kappa shape index (κ2) is 8.26. The Bertz CT molecular complexity index is 730. The zero-order valence-corrected chi connectivity index (χ0v) is 15.8. The van der Waals surface area contributed by atoms with Crippen LogP contribution in [0.3, 0.4) is 0 Å². The van der Waals surface area contributed by atoms with Crippen molar-refractivity contribution in [2.45, 2.75) is 29.5 Å². The Morgan fingerprint density at radius 2 is 2.08 bits per heavy atom. The van der Waals surface area contributed by atoms with Gasteiger partial charge < -0.3 is 9.84 Å². The molecule has 0 amide bonds. The number of ether oxygens (including phenoxy) is 1. The number of hydrogen-bond acceptors (Lipinski definition) is 7. The maximum absolute atomic E-state index is 12.8. The van der Waals surface area contributed by atoms with Gasteiger partial charge in [0.05, 0.1) is 13.7 Å². The molecule has 0 aliphatic carbocycles. The summed E-state index contributed by atoms with van der Waals surface area (Å²) in [6.45, 7) is 0.637. The number of aliphatic carboxylic acids is 1. The molecular weight excluding hydrogens is 368 g/mol. The first-order valence-corrected chi connectivity index (χ1v) is 10.1. The summed E-state index contributed by atoms with van der Waals surface area (Å²) in [5.41, 5.74) is 0. The summed E-state index contributed by atoms with van der Waals surface area (Å²) in [5.74, 6) is -1.46. The van der Waals surface area contributed by atoms with Crippen molar-refractivity contribution < 1.29 is 27.9 Å². The maximum atomic E-state index is 12.8. The van der Waals surface area contributed by atoms with Crippen LogP contribution < -0.4 is 0 Å². The van der Waals surface area contributed by atoms with E-state index in [0.29, 0.717) is 25.9 Å². The fourth-order valence-corrected chi connectivity index (χ4v) is 5.74. The van der Waals surface area contributed by atoms with Gasteiger partial charge >= 0.3 is 11.9 Å². The molecule has 2 heterocycles. The predicted octanol–water partition coefficient (Wildman–Crippen LogP) is 1.09. The molecule has 1 atom stereocenters. The molecule has 1 aliphatic rings.